The molecule has 0 radical (unpaired) electrons. The van der Waals surface area contributed by atoms with Gasteiger partial charge in [-0.1, -0.05) is 32.0 Å². The standard InChI is InChI=1S/C22H26N2O6/c1-14(2)20(24-21(26)15-8-6-5-7-9-15)22(27)30-13-19(25)23-16-10-17(28-3)12-18(11-16)29-4/h5-12,14,20H,13H2,1-4H3,(H,23,25)(H,24,26)/t20-/m1/s1. The highest BCUT2D eigenvalue weighted by atomic mass is 16.5. The summed E-state index contributed by atoms with van der Waals surface area (Å²) in [6.07, 6.45) is 0. The quantitative estimate of drug-likeness (QED) is 0.612. The van der Waals surface area contributed by atoms with Crippen molar-refractivity contribution in [2.75, 3.05) is 26.1 Å². The van der Waals surface area contributed by atoms with Crippen LogP contribution in [0.1, 0.15) is 24.2 Å². The second-order valence-electron chi connectivity index (χ2n) is 6.82. The first-order valence-corrected chi connectivity index (χ1v) is 9.39. The van der Waals surface area contributed by atoms with Crippen LogP contribution in [0.25, 0.3) is 0 Å². The molecule has 2 amide bonds. The molecule has 0 spiro atoms. The molecule has 8 nitrogen and oxygen atoms in total. The van der Waals surface area contributed by atoms with E-state index >= 15 is 0 Å². The number of nitrogens with one attached hydrogen (secondary N) is 2. The summed E-state index contributed by atoms with van der Waals surface area (Å²) < 4.78 is 15.4. The summed E-state index contributed by atoms with van der Waals surface area (Å²) in [7, 11) is 3.00. The number of benzene rings is 2. The minimum atomic E-state index is -0.887. The van der Waals surface area contributed by atoms with Crippen molar-refractivity contribution < 1.29 is 28.6 Å². The van der Waals surface area contributed by atoms with Crippen molar-refractivity contribution in [1.82, 2.24) is 5.32 Å². The zero-order chi connectivity index (χ0) is 22.1. The average Bonchev–Trinajstić information content (AvgIpc) is 2.75. The average molecular weight is 414 g/mol. The van der Waals surface area contributed by atoms with Gasteiger partial charge in [0.25, 0.3) is 11.8 Å². The normalized spacial score (nSPS) is 11.4. The van der Waals surface area contributed by atoms with Crippen LogP contribution in [0.3, 0.4) is 0 Å². The Morgan fingerprint density at radius 2 is 1.53 bits per heavy atom. The van der Waals surface area contributed by atoms with Gasteiger partial charge in [0.2, 0.25) is 0 Å². The molecule has 0 aromatic heterocycles. The second-order valence-corrected chi connectivity index (χ2v) is 6.82. The second kappa shape index (κ2) is 10.8. The molecule has 2 aromatic rings. The van der Waals surface area contributed by atoms with E-state index in [1.165, 1.54) is 14.2 Å². The van der Waals surface area contributed by atoms with Crippen molar-refractivity contribution in [2.24, 2.45) is 5.92 Å². The number of esters is 1. The van der Waals surface area contributed by atoms with E-state index in [1.807, 2.05) is 0 Å². The molecule has 0 aliphatic heterocycles. The van der Waals surface area contributed by atoms with Crippen molar-refractivity contribution >= 4 is 23.5 Å². The van der Waals surface area contributed by atoms with Gasteiger partial charge in [0, 0.05) is 29.4 Å². The number of ether oxygens (including phenoxy) is 3. The Hall–Kier alpha value is -3.55. The Labute approximate surface area is 175 Å². The van der Waals surface area contributed by atoms with Crippen LogP contribution in [0.15, 0.2) is 48.5 Å². The molecular weight excluding hydrogens is 388 g/mol. The first-order chi connectivity index (χ1) is 14.3. The van der Waals surface area contributed by atoms with Gasteiger partial charge in [0.1, 0.15) is 17.5 Å². The van der Waals surface area contributed by atoms with E-state index in [1.54, 1.807) is 62.4 Å². The van der Waals surface area contributed by atoms with Crippen LogP contribution in [-0.4, -0.2) is 44.7 Å². The number of amides is 2. The maximum atomic E-state index is 12.5. The SMILES string of the molecule is COc1cc(NC(=O)COC(=O)[C@H](NC(=O)c2ccccc2)C(C)C)cc(OC)c1. The van der Waals surface area contributed by atoms with Gasteiger partial charge in [-0.2, -0.15) is 0 Å². The molecule has 2 N–H and O–H groups in total. The predicted molar refractivity (Wildman–Crippen MR) is 112 cm³/mol. The highest BCUT2D eigenvalue weighted by molar-refractivity contribution is 5.97. The van der Waals surface area contributed by atoms with E-state index in [-0.39, 0.29) is 11.8 Å². The Bertz CT molecular complexity index is 860. The van der Waals surface area contributed by atoms with Crippen LogP contribution in [0.2, 0.25) is 0 Å². The first-order valence-electron chi connectivity index (χ1n) is 9.39. The fraction of sp³-hybridized carbons (Fsp3) is 0.318. The predicted octanol–water partition coefficient (Wildman–Crippen LogP) is 2.64. The molecule has 0 saturated heterocycles. The van der Waals surface area contributed by atoms with Gasteiger partial charge in [-0.15, -0.1) is 0 Å². The molecule has 2 aromatic carbocycles. The van der Waals surface area contributed by atoms with E-state index in [4.69, 9.17) is 14.2 Å². The van der Waals surface area contributed by atoms with Crippen LogP contribution in [0, 0.1) is 5.92 Å². The lowest BCUT2D eigenvalue weighted by atomic mass is 10.0. The lowest BCUT2D eigenvalue weighted by Gasteiger charge is -2.20. The zero-order valence-corrected chi connectivity index (χ0v) is 17.4. The third-order valence-electron chi connectivity index (χ3n) is 4.22. The number of rotatable bonds is 9. The van der Waals surface area contributed by atoms with E-state index in [0.717, 1.165) is 0 Å². The molecule has 8 heteroatoms. The molecule has 1 atom stereocenters. The van der Waals surface area contributed by atoms with E-state index in [9.17, 15) is 14.4 Å². The molecule has 0 heterocycles. The van der Waals surface area contributed by atoms with Crippen LogP contribution in [-0.2, 0) is 14.3 Å². The highest BCUT2D eigenvalue weighted by Crippen LogP contribution is 2.25. The molecule has 0 aliphatic carbocycles. The van der Waals surface area contributed by atoms with E-state index in [2.05, 4.69) is 10.6 Å². The van der Waals surface area contributed by atoms with E-state index in [0.29, 0.717) is 22.7 Å². The monoisotopic (exact) mass is 414 g/mol. The molecule has 30 heavy (non-hydrogen) atoms. The Balaban J connectivity index is 1.95. The lowest BCUT2D eigenvalue weighted by Crippen LogP contribution is -2.45. The first kappa shape index (κ1) is 22.7. The van der Waals surface area contributed by atoms with Gasteiger partial charge in [-0.25, -0.2) is 4.79 Å². The van der Waals surface area contributed by atoms with Gasteiger partial charge < -0.3 is 24.8 Å². The van der Waals surface area contributed by atoms with Gasteiger partial charge in [-0.05, 0) is 18.1 Å². The number of methoxy groups -OCH3 is 2. The molecule has 0 saturated carbocycles. The van der Waals surface area contributed by atoms with Gasteiger partial charge in [0.15, 0.2) is 6.61 Å². The highest BCUT2D eigenvalue weighted by Gasteiger charge is 2.26. The number of carbonyl (C=O) groups is 3. The minimum absolute atomic E-state index is 0.226. The van der Waals surface area contributed by atoms with Crippen molar-refractivity contribution in [2.45, 2.75) is 19.9 Å². The Kier molecular flexibility index (Phi) is 8.22. The number of hydrogen-bond acceptors (Lipinski definition) is 6. The van der Waals surface area contributed by atoms with E-state index < -0.39 is 24.5 Å². The van der Waals surface area contributed by atoms with Gasteiger partial charge in [0.05, 0.1) is 14.2 Å². The van der Waals surface area contributed by atoms with Crippen LogP contribution < -0.4 is 20.1 Å². The smallest absolute Gasteiger partial charge is 0.329 e. The largest absolute Gasteiger partial charge is 0.497 e. The van der Waals surface area contributed by atoms with Crippen molar-refractivity contribution in [3.05, 3.63) is 54.1 Å². The Morgan fingerprint density at radius 3 is 2.07 bits per heavy atom. The molecule has 0 bridgehead atoms. The minimum Gasteiger partial charge on any atom is -0.497 e. The summed E-state index contributed by atoms with van der Waals surface area (Å²) in [6.45, 7) is 3.06. The molecule has 160 valence electrons. The van der Waals surface area contributed by atoms with Gasteiger partial charge >= 0.3 is 5.97 Å². The summed E-state index contributed by atoms with van der Waals surface area (Å²) in [5, 5.41) is 5.28. The van der Waals surface area contributed by atoms with Crippen molar-refractivity contribution in [3.63, 3.8) is 0 Å². The summed E-state index contributed by atoms with van der Waals surface area (Å²) in [4.78, 5) is 37.0. The number of anilines is 1. The topological polar surface area (TPSA) is 103 Å². The maximum absolute atomic E-state index is 12.5. The zero-order valence-electron chi connectivity index (χ0n) is 17.4. The van der Waals surface area contributed by atoms with Crippen molar-refractivity contribution in [3.8, 4) is 11.5 Å². The summed E-state index contributed by atoms with van der Waals surface area (Å²) in [5.41, 5.74) is 0.866. The third-order valence-corrected chi connectivity index (χ3v) is 4.22. The molecule has 0 aliphatic rings. The maximum Gasteiger partial charge on any atom is 0.329 e. The molecule has 0 fully saturated rings. The lowest BCUT2D eigenvalue weighted by molar-refractivity contribution is -0.150. The van der Waals surface area contributed by atoms with Crippen LogP contribution >= 0.6 is 0 Å². The van der Waals surface area contributed by atoms with Gasteiger partial charge in [-0.3, -0.25) is 9.59 Å². The molecular formula is C22H26N2O6. The van der Waals surface area contributed by atoms with Crippen LogP contribution in [0.5, 0.6) is 11.5 Å². The fourth-order valence-corrected chi connectivity index (χ4v) is 2.61. The summed E-state index contributed by atoms with van der Waals surface area (Å²) >= 11 is 0. The summed E-state index contributed by atoms with van der Waals surface area (Å²) in [6, 6.07) is 12.5. The molecule has 0 unspecified atom stereocenters. The fourth-order valence-electron chi connectivity index (χ4n) is 2.61. The third kappa shape index (κ3) is 6.51. The van der Waals surface area contributed by atoms with Crippen LogP contribution in [0.4, 0.5) is 5.69 Å². The summed E-state index contributed by atoms with van der Waals surface area (Å²) in [5.74, 6) is -0.825. The molecule has 2 rings (SSSR count). The number of hydrogen-bond donors (Lipinski definition) is 2. The van der Waals surface area contributed by atoms with Crippen molar-refractivity contribution in [1.29, 1.82) is 0 Å². The number of carbonyl (C=O) groups excluding carboxylic acids is 3. The Morgan fingerprint density at radius 1 is 0.933 bits per heavy atom.